The van der Waals surface area contributed by atoms with E-state index in [4.69, 9.17) is 10.7 Å². The fourth-order valence-electron chi connectivity index (χ4n) is 2.35. The van der Waals surface area contributed by atoms with Crippen molar-refractivity contribution < 1.29 is 0 Å². The highest BCUT2D eigenvalue weighted by molar-refractivity contribution is 5.71. The molecule has 112 valence electrons. The van der Waals surface area contributed by atoms with E-state index < -0.39 is 0 Å². The minimum absolute atomic E-state index is 0.121. The summed E-state index contributed by atoms with van der Waals surface area (Å²) < 4.78 is 0. The van der Waals surface area contributed by atoms with E-state index in [0.29, 0.717) is 5.82 Å². The van der Waals surface area contributed by atoms with Gasteiger partial charge in [0.1, 0.15) is 11.6 Å². The van der Waals surface area contributed by atoms with Crippen molar-refractivity contribution >= 4 is 5.82 Å². The maximum absolute atomic E-state index is 6.12. The Hall–Kier alpha value is -1.90. The molecule has 0 saturated heterocycles. The Balaban J connectivity index is 2.75. The molecule has 0 radical (unpaired) electrons. The van der Waals surface area contributed by atoms with Crippen LogP contribution in [0.2, 0.25) is 0 Å². The Morgan fingerprint density at radius 3 is 2.00 bits per heavy atom. The Morgan fingerprint density at radius 1 is 0.857 bits per heavy atom. The lowest BCUT2D eigenvalue weighted by atomic mass is 9.93. The van der Waals surface area contributed by atoms with Crippen molar-refractivity contribution in [2.75, 3.05) is 5.73 Å². The molecular weight excluding hydrogens is 258 g/mol. The zero-order valence-electron chi connectivity index (χ0n) is 14.1. The highest BCUT2D eigenvalue weighted by Gasteiger charge is 2.21. The molecule has 0 aliphatic rings. The van der Waals surface area contributed by atoms with Crippen LogP contribution in [-0.2, 0) is 5.41 Å². The van der Waals surface area contributed by atoms with E-state index in [1.54, 1.807) is 0 Å². The zero-order valence-corrected chi connectivity index (χ0v) is 14.1. The van der Waals surface area contributed by atoms with Gasteiger partial charge in [-0.1, -0.05) is 26.8 Å². The van der Waals surface area contributed by atoms with E-state index >= 15 is 0 Å². The van der Waals surface area contributed by atoms with Crippen molar-refractivity contribution in [3.63, 3.8) is 0 Å². The molecule has 0 aliphatic heterocycles. The molecule has 0 spiro atoms. The van der Waals surface area contributed by atoms with Crippen LogP contribution in [0.3, 0.4) is 0 Å². The summed E-state index contributed by atoms with van der Waals surface area (Å²) in [5.41, 5.74) is 12.8. The van der Waals surface area contributed by atoms with Crippen LogP contribution in [0.1, 0.15) is 48.8 Å². The first-order valence-electron chi connectivity index (χ1n) is 7.34. The van der Waals surface area contributed by atoms with Gasteiger partial charge in [0, 0.05) is 16.5 Å². The van der Waals surface area contributed by atoms with Gasteiger partial charge in [0.25, 0.3) is 0 Å². The second-order valence-electron chi connectivity index (χ2n) is 6.91. The number of nitrogens with zero attached hydrogens (tertiary/aromatic N) is 2. The van der Waals surface area contributed by atoms with Gasteiger partial charge in [-0.2, -0.15) is 0 Å². The first kappa shape index (κ1) is 15.5. The highest BCUT2D eigenvalue weighted by Crippen LogP contribution is 2.31. The van der Waals surface area contributed by atoms with Crippen molar-refractivity contribution in [2.24, 2.45) is 0 Å². The third-order valence-corrected chi connectivity index (χ3v) is 3.95. The van der Waals surface area contributed by atoms with Crippen LogP contribution in [0.5, 0.6) is 0 Å². The van der Waals surface area contributed by atoms with Gasteiger partial charge in [-0.15, -0.1) is 0 Å². The summed E-state index contributed by atoms with van der Waals surface area (Å²) in [6.45, 7) is 14.7. The minimum atomic E-state index is -0.121. The third-order valence-electron chi connectivity index (χ3n) is 3.95. The van der Waals surface area contributed by atoms with E-state index in [1.165, 1.54) is 16.7 Å². The van der Waals surface area contributed by atoms with E-state index in [9.17, 15) is 0 Å². The lowest BCUT2D eigenvalue weighted by Crippen LogP contribution is -2.18. The molecule has 1 heterocycles. The molecule has 2 aromatic rings. The number of aryl methyl sites for hydroxylation is 3. The summed E-state index contributed by atoms with van der Waals surface area (Å²) in [6.07, 6.45) is 0. The molecule has 3 nitrogen and oxygen atoms in total. The van der Waals surface area contributed by atoms with Gasteiger partial charge in [0.15, 0.2) is 0 Å². The van der Waals surface area contributed by atoms with Crippen LogP contribution in [0.25, 0.3) is 11.3 Å². The number of hydrogen-bond donors (Lipinski definition) is 1. The molecule has 0 saturated carbocycles. The maximum Gasteiger partial charge on any atom is 0.136 e. The second kappa shape index (κ2) is 5.14. The zero-order chi connectivity index (χ0) is 15.9. The number of anilines is 1. The van der Waals surface area contributed by atoms with Gasteiger partial charge >= 0.3 is 0 Å². The standard InChI is InChI=1S/C18H25N3/c1-10-8-12(3)14(9-11(10)2)15-13(4)16(19)21-17(20-15)18(5,6)7/h8-9H,1-7H3,(H2,19,20,21). The molecule has 0 bridgehead atoms. The maximum atomic E-state index is 6.12. The molecule has 0 unspecified atom stereocenters. The van der Waals surface area contributed by atoms with Gasteiger partial charge in [-0.3, -0.25) is 0 Å². The third kappa shape index (κ3) is 2.92. The topological polar surface area (TPSA) is 51.8 Å². The van der Waals surface area contributed by atoms with Crippen LogP contribution in [0.15, 0.2) is 12.1 Å². The van der Waals surface area contributed by atoms with E-state index in [0.717, 1.165) is 22.6 Å². The smallest absolute Gasteiger partial charge is 0.136 e. The van der Waals surface area contributed by atoms with Crippen LogP contribution in [-0.4, -0.2) is 9.97 Å². The molecule has 3 heteroatoms. The summed E-state index contributed by atoms with van der Waals surface area (Å²) in [5.74, 6) is 1.36. The Morgan fingerprint density at radius 2 is 1.43 bits per heavy atom. The van der Waals surface area contributed by atoms with Crippen LogP contribution in [0.4, 0.5) is 5.82 Å². The second-order valence-corrected chi connectivity index (χ2v) is 6.91. The average molecular weight is 283 g/mol. The predicted molar refractivity (Wildman–Crippen MR) is 89.5 cm³/mol. The monoisotopic (exact) mass is 283 g/mol. The van der Waals surface area contributed by atoms with Gasteiger partial charge in [0.05, 0.1) is 5.69 Å². The molecule has 0 fully saturated rings. The summed E-state index contributed by atoms with van der Waals surface area (Å²) >= 11 is 0. The van der Waals surface area contributed by atoms with Gasteiger partial charge in [-0.25, -0.2) is 9.97 Å². The minimum Gasteiger partial charge on any atom is -0.383 e. The summed E-state index contributed by atoms with van der Waals surface area (Å²) in [5, 5.41) is 0. The number of rotatable bonds is 1. The molecule has 1 aromatic heterocycles. The fourth-order valence-corrected chi connectivity index (χ4v) is 2.35. The summed E-state index contributed by atoms with van der Waals surface area (Å²) in [7, 11) is 0. The number of aromatic nitrogens is 2. The van der Waals surface area contributed by atoms with Gasteiger partial charge < -0.3 is 5.73 Å². The number of benzene rings is 1. The molecule has 2 N–H and O–H groups in total. The van der Waals surface area contributed by atoms with Crippen molar-refractivity contribution in [3.05, 3.63) is 40.2 Å². The molecule has 0 atom stereocenters. The lowest BCUT2D eigenvalue weighted by Gasteiger charge is -2.20. The molecule has 2 rings (SSSR count). The van der Waals surface area contributed by atoms with E-state index in [2.05, 4.69) is 58.7 Å². The first-order chi connectivity index (χ1) is 9.61. The predicted octanol–water partition coefficient (Wildman–Crippen LogP) is 4.26. The largest absolute Gasteiger partial charge is 0.383 e. The lowest BCUT2D eigenvalue weighted by molar-refractivity contribution is 0.546. The summed E-state index contributed by atoms with van der Waals surface area (Å²) in [4.78, 5) is 9.28. The molecule has 21 heavy (non-hydrogen) atoms. The quantitative estimate of drug-likeness (QED) is 0.851. The highest BCUT2D eigenvalue weighted by atomic mass is 15.0. The SMILES string of the molecule is Cc1cc(C)c(-c2nc(C(C)(C)C)nc(N)c2C)cc1C. The van der Waals surface area contributed by atoms with Gasteiger partial charge in [0.2, 0.25) is 0 Å². The van der Waals surface area contributed by atoms with Crippen LogP contribution < -0.4 is 5.73 Å². The molecule has 0 aliphatic carbocycles. The molecule has 0 amide bonds. The number of nitrogen functional groups attached to an aromatic ring is 1. The number of nitrogens with two attached hydrogens (primary N) is 1. The fraction of sp³-hybridized carbons (Fsp3) is 0.444. The average Bonchev–Trinajstić information content (AvgIpc) is 2.36. The Labute approximate surface area is 127 Å². The Kier molecular flexibility index (Phi) is 3.79. The molecule has 1 aromatic carbocycles. The van der Waals surface area contributed by atoms with E-state index in [1.807, 2.05) is 6.92 Å². The van der Waals surface area contributed by atoms with Crippen LogP contribution in [0, 0.1) is 27.7 Å². The van der Waals surface area contributed by atoms with Crippen molar-refractivity contribution in [1.29, 1.82) is 0 Å². The Bertz CT molecular complexity index is 695. The summed E-state index contributed by atoms with van der Waals surface area (Å²) in [6, 6.07) is 4.41. The normalized spacial score (nSPS) is 11.8. The van der Waals surface area contributed by atoms with Crippen LogP contribution >= 0.6 is 0 Å². The first-order valence-corrected chi connectivity index (χ1v) is 7.34. The van der Waals surface area contributed by atoms with Crippen molar-refractivity contribution in [3.8, 4) is 11.3 Å². The van der Waals surface area contributed by atoms with Crippen molar-refractivity contribution in [2.45, 2.75) is 53.9 Å². The van der Waals surface area contributed by atoms with Crippen molar-refractivity contribution in [1.82, 2.24) is 9.97 Å². The molecular formula is C18H25N3. The van der Waals surface area contributed by atoms with Gasteiger partial charge in [-0.05, 0) is 50.5 Å². The number of hydrogen-bond acceptors (Lipinski definition) is 3. The van der Waals surface area contributed by atoms with E-state index in [-0.39, 0.29) is 5.41 Å².